The van der Waals surface area contributed by atoms with Crippen molar-refractivity contribution < 1.29 is 17.4 Å². The minimum absolute atomic E-state index is 0.0234. The van der Waals surface area contributed by atoms with Crippen molar-refractivity contribution >= 4 is 55.3 Å². The molecule has 0 aliphatic carbocycles. The topological polar surface area (TPSA) is 96.3 Å². The molecule has 0 heterocycles. The number of hydrogen-bond acceptors (Lipinski definition) is 5. The number of rotatable bonds is 6. The van der Waals surface area contributed by atoms with E-state index in [9.17, 15) is 18.5 Å². The smallest absolute Gasteiger partial charge is 0.339 e. The number of nitriles is 1. The predicted molar refractivity (Wildman–Crippen MR) is 122 cm³/mol. The van der Waals surface area contributed by atoms with Gasteiger partial charge in [-0.3, -0.25) is 4.79 Å². The van der Waals surface area contributed by atoms with E-state index >= 15 is 0 Å². The van der Waals surface area contributed by atoms with Crippen molar-refractivity contribution in [2.45, 2.75) is 4.90 Å². The van der Waals surface area contributed by atoms with Crippen LogP contribution in [0, 0.1) is 11.3 Å². The van der Waals surface area contributed by atoms with E-state index in [-0.39, 0.29) is 16.2 Å². The van der Waals surface area contributed by atoms with E-state index in [0.29, 0.717) is 20.7 Å². The molecule has 1 amide bonds. The zero-order valence-corrected chi connectivity index (χ0v) is 18.9. The molecular formula is C22H14BrClN2O4S. The molecule has 156 valence electrons. The number of halogens is 2. The van der Waals surface area contributed by atoms with Crippen LogP contribution in [0.4, 0.5) is 5.69 Å². The fraction of sp³-hybridized carbons (Fsp3) is 0. The van der Waals surface area contributed by atoms with Crippen LogP contribution in [0.5, 0.6) is 5.75 Å². The average molecular weight is 518 g/mol. The molecule has 0 saturated heterocycles. The highest BCUT2D eigenvalue weighted by molar-refractivity contribution is 9.10. The van der Waals surface area contributed by atoms with E-state index < -0.39 is 16.0 Å². The quantitative estimate of drug-likeness (QED) is 0.268. The highest BCUT2D eigenvalue weighted by atomic mass is 79.9. The maximum Gasteiger partial charge on any atom is 0.339 e. The highest BCUT2D eigenvalue weighted by Gasteiger charge is 2.18. The Hall–Kier alpha value is -3.12. The van der Waals surface area contributed by atoms with Gasteiger partial charge in [-0.25, -0.2) is 0 Å². The number of anilines is 1. The van der Waals surface area contributed by atoms with E-state index in [1.165, 1.54) is 30.3 Å². The van der Waals surface area contributed by atoms with Crippen molar-refractivity contribution in [1.29, 1.82) is 5.26 Å². The molecule has 6 nitrogen and oxygen atoms in total. The van der Waals surface area contributed by atoms with E-state index in [1.54, 1.807) is 48.5 Å². The zero-order valence-electron chi connectivity index (χ0n) is 15.7. The molecule has 0 fully saturated rings. The van der Waals surface area contributed by atoms with E-state index in [2.05, 4.69) is 21.2 Å². The Labute approximate surface area is 193 Å². The summed E-state index contributed by atoms with van der Waals surface area (Å²) in [6.07, 6.45) is 1.38. The van der Waals surface area contributed by atoms with Gasteiger partial charge in [-0.05, 0) is 70.0 Å². The number of hydrogen-bond donors (Lipinski definition) is 1. The van der Waals surface area contributed by atoms with Gasteiger partial charge in [-0.1, -0.05) is 41.9 Å². The van der Waals surface area contributed by atoms with Gasteiger partial charge in [0, 0.05) is 10.7 Å². The lowest BCUT2D eigenvalue weighted by atomic mass is 10.1. The summed E-state index contributed by atoms with van der Waals surface area (Å²) in [5, 5.41) is 12.4. The second-order valence-electron chi connectivity index (χ2n) is 6.17. The molecule has 3 aromatic rings. The van der Waals surface area contributed by atoms with Crippen molar-refractivity contribution in [3.05, 3.63) is 93.4 Å². The molecule has 0 saturated carbocycles. The monoisotopic (exact) mass is 516 g/mol. The summed E-state index contributed by atoms with van der Waals surface area (Å²) >= 11 is 9.16. The molecule has 0 bridgehead atoms. The Bertz CT molecular complexity index is 1300. The number of nitrogens with zero attached hydrogens (tertiary/aromatic N) is 1. The molecule has 0 aromatic heterocycles. The second kappa shape index (κ2) is 9.79. The van der Waals surface area contributed by atoms with Crippen molar-refractivity contribution in [2.75, 3.05) is 5.32 Å². The molecular weight excluding hydrogens is 504 g/mol. The van der Waals surface area contributed by atoms with Crippen LogP contribution in [0.15, 0.2) is 87.7 Å². The first kappa shape index (κ1) is 22.6. The predicted octanol–water partition coefficient (Wildman–Crippen LogP) is 5.42. The molecule has 0 spiro atoms. The summed E-state index contributed by atoms with van der Waals surface area (Å²) in [7, 11) is -4.00. The third kappa shape index (κ3) is 5.95. The molecule has 0 atom stereocenters. The van der Waals surface area contributed by atoms with Gasteiger partial charge in [0.05, 0.1) is 4.47 Å². The summed E-state index contributed by atoms with van der Waals surface area (Å²) in [5.41, 5.74) is 0.807. The summed E-state index contributed by atoms with van der Waals surface area (Å²) in [6.45, 7) is 0. The van der Waals surface area contributed by atoms with Gasteiger partial charge in [0.25, 0.3) is 5.91 Å². The molecule has 0 unspecified atom stereocenters. The molecule has 0 aliphatic heterocycles. The highest BCUT2D eigenvalue weighted by Crippen LogP contribution is 2.29. The first-order valence-electron chi connectivity index (χ1n) is 8.76. The molecule has 0 aliphatic rings. The second-order valence-corrected chi connectivity index (χ2v) is 9.01. The average Bonchev–Trinajstić information content (AvgIpc) is 2.74. The van der Waals surface area contributed by atoms with Crippen LogP contribution in [0.25, 0.3) is 6.08 Å². The summed E-state index contributed by atoms with van der Waals surface area (Å²) in [5.74, 6) is -0.532. The minimum atomic E-state index is -4.00. The number of amides is 1. The minimum Gasteiger partial charge on any atom is -0.378 e. The van der Waals surface area contributed by atoms with E-state index in [4.69, 9.17) is 15.8 Å². The van der Waals surface area contributed by atoms with Gasteiger partial charge in [0.15, 0.2) is 5.75 Å². The van der Waals surface area contributed by atoms with E-state index in [0.717, 1.165) is 0 Å². The number of carbonyl (C=O) groups is 1. The van der Waals surface area contributed by atoms with Gasteiger partial charge < -0.3 is 9.50 Å². The zero-order chi connectivity index (χ0) is 22.4. The molecule has 9 heteroatoms. The Balaban J connectivity index is 1.80. The van der Waals surface area contributed by atoms with Crippen molar-refractivity contribution in [3.63, 3.8) is 0 Å². The van der Waals surface area contributed by atoms with Crippen molar-refractivity contribution in [3.8, 4) is 11.8 Å². The van der Waals surface area contributed by atoms with E-state index in [1.807, 2.05) is 6.07 Å². The fourth-order valence-electron chi connectivity index (χ4n) is 2.51. The van der Waals surface area contributed by atoms with Crippen LogP contribution in [-0.4, -0.2) is 14.3 Å². The van der Waals surface area contributed by atoms with Crippen LogP contribution in [-0.2, 0) is 14.9 Å². The standard InChI is InChI=1S/C22H14BrClN2O4S/c23-20-12-15(9-10-21(20)30-31(28,29)19-7-2-1-3-8-19)11-16(14-25)22(27)26-18-6-4-5-17(24)13-18/h1-13H,(H,26,27)/b16-11+. The Morgan fingerprint density at radius 2 is 1.81 bits per heavy atom. The van der Waals surface area contributed by atoms with Crippen LogP contribution < -0.4 is 9.50 Å². The summed E-state index contributed by atoms with van der Waals surface area (Å²) in [6, 6.07) is 20.6. The molecule has 0 radical (unpaired) electrons. The normalized spacial score (nSPS) is 11.5. The first-order valence-corrected chi connectivity index (χ1v) is 11.3. The van der Waals surface area contributed by atoms with Gasteiger partial charge in [0.2, 0.25) is 0 Å². The summed E-state index contributed by atoms with van der Waals surface area (Å²) in [4.78, 5) is 12.4. The van der Waals surface area contributed by atoms with Gasteiger partial charge in [0.1, 0.15) is 16.5 Å². The van der Waals surface area contributed by atoms with Crippen LogP contribution >= 0.6 is 27.5 Å². The number of carbonyl (C=O) groups excluding carboxylic acids is 1. The van der Waals surface area contributed by atoms with Crippen LogP contribution in [0.2, 0.25) is 5.02 Å². The largest absolute Gasteiger partial charge is 0.378 e. The van der Waals surface area contributed by atoms with Crippen LogP contribution in [0.3, 0.4) is 0 Å². The number of benzene rings is 3. The van der Waals surface area contributed by atoms with Crippen molar-refractivity contribution in [2.24, 2.45) is 0 Å². The van der Waals surface area contributed by atoms with Crippen LogP contribution in [0.1, 0.15) is 5.56 Å². The Morgan fingerprint density at radius 1 is 1.06 bits per heavy atom. The van der Waals surface area contributed by atoms with Crippen molar-refractivity contribution in [1.82, 2.24) is 0 Å². The molecule has 31 heavy (non-hydrogen) atoms. The molecule has 1 N–H and O–H groups in total. The lowest BCUT2D eigenvalue weighted by Crippen LogP contribution is -2.13. The third-order valence-electron chi connectivity index (χ3n) is 3.95. The summed E-state index contributed by atoms with van der Waals surface area (Å²) < 4.78 is 30.3. The lowest BCUT2D eigenvalue weighted by Gasteiger charge is -2.09. The Kier molecular flexibility index (Phi) is 7.13. The lowest BCUT2D eigenvalue weighted by molar-refractivity contribution is -0.112. The fourth-order valence-corrected chi connectivity index (χ4v) is 4.25. The first-order chi connectivity index (χ1) is 14.8. The van der Waals surface area contributed by atoms with Gasteiger partial charge in [-0.2, -0.15) is 13.7 Å². The van der Waals surface area contributed by atoms with Gasteiger partial charge >= 0.3 is 10.1 Å². The number of nitrogens with one attached hydrogen (secondary N) is 1. The SMILES string of the molecule is N#C/C(=C\c1ccc(OS(=O)(=O)c2ccccc2)c(Br)c1)C(=O)Nc1cccc(Cl)c1. The molecule has 3 rings (SSSR count). The Morgan fingerprint density at radius 3 is 2.45 bits per heavy atom. The third-order valence-corrected chi connectivity index (χ3v) is 6.05. The maximum atomic E-state index is 12.4. The van der Waals surface area contributed by atoms with Gasteiger partial charge in [-0.15, -0.1) is 0 Å². The maximum absolute atomic E-state index is 12.4. The molecule has 3 aromatic carbocycles.